The minimum absolute atomic E-state index is 0.0180. The Balaban J connectivity index is 2.30. The van der Waals surface area contributed by atoms with Crippen LogP contribution in [0.3, 0.4) is 0 Å². The van der Waals surface area contributed by atoms with Gasteiger partial charge in [-0.05, 0) is 41.8 Å². The maximum Gasteiger partial charge on any atom is 0.307 e. The van der Waals surface area contributed by atoms with Crippen LogP contribution >= 0.6 is 11.6 Å². The summed E-state index contributed by atoms with van der Waals surface area (Å²) in [4.78, 5) is 10.8. The molecule has 0 amide bonds. The molecule has 2 aromatic rings. The lowest BCUT2D eigenvalue weighted by atomic mass is 10.1. The van der Waals surface area contributed by atoms with Crippen molar-refractivity contribution >= 4 is 17.6 Å². The molecule has 4 heteroatoms. The predicted octanol–water partition coefficient (Wildman–Crippen LogP) is 4.32. The molecule has 104 valence electrons. The highest BCUT2D eigenvalue weighted by Gasteiger charge is 2.08. The molecule has 0 saturated heterocycles. The van der Waals surface area contributed by atoms with Crippen LogP contribution in [-0.4, -0.2) is 11.1 Å². The van der Waals surface area contributed by atoms with Crippen LogP contribution in [0.2, 0.25) is 5.02 Å². The molecule has 2 aromatic carbocycles. The smallest absolute Gasteiger partial charge is 0.307 e. The molecule has 2 rings (SSSR count). The van der Waals surface area contributed by atoms with Crippen molar-refractivity contribution in [3.8, 4) is 11.5 Å². The van der Waals surface area contributed by atoms with Crippen molar-refractivity contribution in [2.45, 2.75) is 19.8 Å². The van der Waals surface area contributed by atoms with Gasteiger partial charge in [-0.15, -0.1) is 0 Å². The van der Waals surface area contributed by atoms with Gasteiger partial charge in [0.15, 0.2) is 0 Å². The number of aryl methyl sites for hydroxylation is 1. The number of hydrogen-bond acceptors (Lipinski definition) is 2. The van der Waals surface area contributed by atoms with E-state index in [1.807, 2.05) is 31.2 Å². The van der Waals surface area contributed by atoms with E-state index in [0.29, 0.717) is 22.1 Å². The lowest BCUT2D eigenvalue weighted by molar-refractivity contribution is -0.136. The number of benzene rings is 2. The third kappa shape index (κ3) is 3.75. The van der Waals surface area contributed by atoms with Crippen LogP contribution in [0.1, 0.15) is 18.1 Å². The lowest BCUT2D eigenvalue weighted by Crippen LogP contribution is -2.01. The molecule has 0 aromatic heterocycles. The first-order valence-electron chi connectivity index (χ1n) is 6.35. The average Bonchev–Trinajstić information content (AvgIpc) is 2.38. The van der Waals surface area contributed by atoms with E-state index in [2.05, 4.69) is 0 Å². The molecule has 0 spiro atoms. The zero-order chi connectivity index (χ0) is 14.5. The van der Waals surface area contributed by atoms with Crippen molar-refractivity contribution in [2.24, 2.45) is 0 Å². The minimum Gasteiger partial charge on any atom is -0.481 e. The number of carboxylic acid groups (broad SMARTS) is 1. The number of rotatable bonds is 5. The van der Waals surface area contributed by atoms with Gasteiger partial charge in [-0.2, -0.15) is 0 Å². The Morgan fingerprint density at radius 2 is 2.05 bits per heavy atom. The van der Waals surface area contributed by atoms with E-state index in [1.54, 1.807) is 18.2 Å². The summed E-state index contributed by atoms with van der Waals surface area (Å²) in [6.45, 7) is 2.02. The molecule has 0 aliphatic carbocycles. The van der Waals surface area contributed by atoms with Gasteiger partial charge in [-0.3, -0.25) is 4.79 Å². The summed E-state index contributed by atoms with van der Waals surface area (Å²) >= 11 is 5.93. The third-order valence-electron chi connectivity index (χ3n) is 2.89. The first-order valence-corrected chi connectivity index (χ1v) is 6.73. The third-order valence-corrected chi connectivity index (χ3v) is 3.13. The van der Waals surface area contributed by atoms with Crippen molar-refractivity contribution in [3.05, 3.63) is 58.6 Å². The van der Waals surface area contributed by atoms with E-state index in [1.165, 1.54) is 0 Å². The molecule has 0 heterocycles. The van der Waals surface area contributed by atoms with Crippen molar-refractivity contribution in [3.63, 3.8) is 0 Å². The van der Waals surface area contributed by atoms with E-state index in [9.17, 15) is 4.79 Å². The minimum atomic E-state index is -0.858. The van der Waals surface area contributed by atoms with Crippen molar-refractivity contribution in [1.29, 1.82) is 0 Å². The quantitative estimate of drug-likeness (QED) is 0.892. The van der Waals surface area contributed by atoms with E-state index in [0.717, 1.165) is 12.0 Å². The van der Waals surface area contributed by atoms with Crippen LogP contribution in [0.4, 0.5) is 0 Å². The SMILES string of the molecule is CCc1ccc(CC(=O)O)cc1Oc1cccc(Cl)c1. The largest absolute Gasteiger partial charge is 0.481 e. The number of aliphatic carboxylic acids is 1. The van der Waals surface area contributed by atoms with Gasteiger partial charge in [0.25, 0.3) is 0 Å². The van der Waals surface area contributed by atoms with Crippen LogP contribution in [0.15, 0.2) is 42.5 Å². The van der Waals surface area contributed by atoms with Crippen LogP contribution in [0.5, 0.6) is 11.5 Å². The van der Waals surface area contributed by atoms with E-state index in [-0.39, 0.29) is 6.42 Å². The van der Waals surface area contributed by atoms with Crippen LogP contribution in [0.25, 0.3) is 0 Å². The molecule has 0 aliphatic rings. The number of ether oxygens (including phenoxy) is 1. The monoisotopic (exact) mass is 290 g/mol. The van der Waals surface area contributed by atoms with Crippen molar-refractivity contribution in [2.75, 3.05) is 0 Å². The fourth-order valence-electron chi connectivity index (χ4n) is 1.93. The van der Waals surface area contributed by atoms with E-state index >= 15 is 0 Å². The summed E-state index contributed by atoms with van der Waals surface area (Å²) in [5, 5.41) is 9.45. The molecule has 0 radical (unpaired) electrons. The van der Waals surface area contributed by atoms with Gasteiger partial charge >= 0.3 is 5.97 Å². The van der Waals surface area contributed by atoms with Gasteiger partial charge in [0.2, 0.25) is 0 Å². The molecule has 0 bridgehead atoms. The number of halogens is 1. The second-order valence-corrected chi connectivity index (χ2v) is 4.86. The summed E-state index contributed by atoms with van der Waals surface area (Å²) in [6.07, 6.45) is 0.791. The van der Waals surface area contributed by atoms with Gasteiger partial charge in [0, 0.05) is 5.02 Å². The summed E-state index contributed by atoms with van der Waals surface area (Å²) in [5.74, 6) is 0.455. The highest BCUT2D eigenvalue weighted by Crippen LogP contribution is 2.28. The molecule has 20 heavy (non-hydrogen) atoms. The number of carboxylic acids is 1. The number of carbonyl (C=O) groups is 1. The maximum absolute atomic E-state index is 10.8. The van der Waals surface area contributed by atoms with E-state index in [4.69, 9.17) is 21.4 Å². The predicted molar refractivity (Wildman–Crippen MR) is 78.7 cm³/mol. The van der Waals surface area contributed by atoms with Crippen molar-refractivity contribution < 1.29 is 14.6 Å². The second-order valence-electron chi connectivity index (χ2n) is 4.43. The van der Waals surface area contributed by atoms with Crippen molar-refractivity contribution in [1.82, 2.24) is 0 Å². The Morgan fingerprint density at radius 1 is 1.25 bits per heavy atom. The molecule has 0 atom stereocenters. The molecule has 0 fully saturated rings. The highest BCUT2D eigenvalue weighted by molar-refractivity contribution is 6.30. The van der Waals surface area contributed by atoms with E-state index < -0.39 is 5.97 Å². The molecular formula is C16H15ClO3. The average molecular weight is 291 g/mol. The summed E-state index contributed by atoms with van der Waals surface area (Å²) < 4.78 is 5.83. The number of hydrogen-bond donors (Lipinski definition) is 1. The Hall–Kier alpha value is -2.00. The van der Waals surface area contributed by atoms with Crippen LogP contribution in [-0.2, 0) is 17.6 Å². The summed E-state index contributed by atoms with van der Waals surface area (Å²) in [5.41, 5.74) is 1.74. The second kappa shape index (κ2) is 6.44. The molecular weight excluding hydrogens is 276 g/mol. The zero-order valence-corrected chi connectivity index (χ0v) is 11.9. The molecule has 0 unspecified atom stereocenters. The molecule has 0 saturated carbocycles. The first-order chi connectivity index (χ1) is 9.58. The maximum atomic E-state index is 10.8. The van der Waals surface area contributed by atoms with Gasteiger partial charge in [-0.25, -0.2) is 0 Å². The topological polar surface area (TPSA) is 46.5 Å². The van der Waals surface area contributed by atoms with Crippen LogP contribution < -0.4 is 4.74 Å². The lowest BCUT2D eigenvalue weighted by Gasteiger charge is -2.12. The Kier molecular flexibility index (Phi) is 4.64. The Bertz CT molecular complexity index is 623. The summed E-state index contributed by atoms with van der Waals surface area (Å²) in [6, 6.07) is 12.6. The fourth-order valence-corrected chi connectivity index (χ4v) is 2.11. The molecule has 3 nitrogen and oxygen atoms in total. The zero-order valence-electron chi connectivity index (χ0n) is 11.1. The Labute approximate surface area is 122 Å². The Morgan fingerprint density at radius 3 is 2.70 bits per heavy atom. The fraction of sp³-hybridized carbons (Fsp3) is 0.188. The molecule has 0 aliphatic heterocycles. The standard InChI is InChI=1S/C16H15ClO3/c1-2-12-7-6-11(9-16(18)19)8-15(12)20-14-5-3-4-13(17)10-14/h3-8,10H,2,9H2,1H3,(H,18,19). The highest BCUT2D eigenvalue weighted by atomic mass is 35.5. The van der Waals surface area contributed by atoms with Gasteiger partial charge in [-0.1, -0.05) is 36.7 Å². The normalized spacial score (nSPS) is 10.3. The van der Waals surface area contributed by atoms with Gasteiger partial charge in [0.1, 0.15) is 11.5 Å². The van der Waals surface area contributed by atoms with Crippen LogP contribution in [0, 0.1) is 0 Å². The molecule has 1 N–H and O–H groups in total. The van der Waals surface area contributed by atoms with Gasteiger partial charge < -0.3 is 9.84 Å². The summed E-state index contributed by atoms with van der Waals surface area (Å²) in [7, 11) is 0. The first kappa shape index (κ1) is 14.4. The van der Waals surface area contributed by atoms with Gasteiger partial charge in [0.05, 0.1) is 6.42 Å².